The summed E-state index contributed by atoms with van der Waals surface area (Å²) in [6.07, 6.45) is 5.11. The molecule has 0 spiro atoms. The maximum atomic E-state index is 10.7. The van der Waals surface area contributed by atoms with Crippen LogP contribution in [0.5, 0.6) is 0 Å². The van der Waals surface area contributed by atoms with Gasteiger partial charge in [-0.3, -0.25) is 0 Å². The van der Waals surface area contributed by atoms with Gasteiger partial charge in [-0.2, -0.15) is 0 Å². The number of rotatable bonds is 5. The summed E-state index contributed by atoms with van der Waals surface area (Å²) in [6.45, 7) is 3.11. The lowest BCUT2D eigenvalue weighted by atomic mass is 9.79. The second kappa shape index (κ2) is 5.75. The monoisotopic (exact) mass is 267 g/mol. The Hall–Kier alpha value is -1.33. The summed E-state index contributed by atoms with van der Waals surface area (Å²) in [5, 5.41) is 22.4. The highest BCUT2D eigenvalue weighted by molar-refractivity contribution is 5.87. The molecule has 3 N–H and O–H groups in total. The van der Waals surface area contributed by atoms with Crippen molar-refractivity contribution in [3.05, 3.63) is 23.7 Å². The molecule has 0 bridgehead atoms. The number of carbonyl (C=O) groups is 1. The van der Waals surface area contributed by atoms with Crippen molar-refractivity contribution in [2.24, 2.45) is 5.92 Å². The number of hydrogen-bond acceptors (Lipinski definition) is 4. The van der Waals surface area contributed by atoms with E-state index in [0.717, 1.165) is 19.3 Å². The van der Waals surface area contributed by atoms with Crippen LogP contribution in [-0.2, 0) is 6.54 Å². The Bertz CT molecular complexity index is 442. The SMILES string of the molecule is CC1CCCC(O)(CNCc2cc(C(=O)O)co2)C1. The van der Waals surface area contributed by atoms with E-state index in [4.69, 9.17) is 9.52 Å². The summed E-state index contributed by atoms with van der Waals surface area (Å²) in [4.78, 5) is 10.7. The molecular weight excluding hydrogens is 246 g/mol. The van der Waals surface area contributed by atoms with E-state index in [1.54, 1.807) is 0 Å². The smallest absolute Gasteiger partial charge is 0.338 e. The number of hydrogen-bond donors (Lipinski definition) is 3. The minimum absolute atomic E-state index is 0.154. The number of aliphatic hydroxyl groups is 1. The van der Waals surface area contributed by atoms with E-state index in [-0.39, 0.29) is 5.56 Å². The van der Waals surface area contributed by atoms with Crippen LogP contribution in [0.3, 0.4) is 0 Å². The molecule has 1 heterocycles. The molecule has 0 radical (unpaired) electrons. The second-order valence-corrected chi connectivity index (χ2v) is 5.64. The number of nitrogens with one attached hydrogen (secondary N) is 1. The molecule has 1 aromatic rings. The summed E-state index contributed by atoms with van der Waals surface area (Å²) < 4.78 is 5.14. The Morgan fingerprint density at radius 3 is 3.05 bits per heavy atom. The van der Waals surface area contributed by atoms with Gasteiger partial charge in [-0.25, -0.2) is 4.79 Å². The minimum Gasteiger partial charge on any atom is -0.478 e. The number of carboxylic acid groups (broad SMARTS) is 1. The normalized spacial score (nSPS) is 27.4. The average Bonchev–Trinajstić information content (AvgIpc) is 2.77. The van der Waals surface area contributed by atoms with E-state index in [1.165, 1.54) is 18.8 Å². The quantitative estimate of drug-likeness (QED) is 0.760. The van der Waals surface area contributed by atoms with Crippen LogP contribution in [0.4, 0.5) is 0 Å². The Kier molecular flexibility index (Phi) is 4.27. The highest BCUT2D eigenvalue weighted by atomic mass is 16.4. The summed E-state index contributed by atoms with van der Waals surface area (Å²) >= 11 is 0. The zero-order valence-electron chi connectivity index (χ0n) is 11.2. The molecule has 1 saturated carbocycles. The van der Waals surface area contributed by atoms with Crippen molar-refractivity contribution in [3.63, 3.8) is 0 Å². The topological polar surface area (TPSA) is 82.7 Å². The van der Waals surface area contributed by atoms with Crippen molar-refractivity contribution in [3.8, 4) is 0 Å². The van der Waals surface area contributed by atoms with E-state index >= 15 is 0 Å². The Labute approximate surface area is 112 Å². The lowest BCUT2D eigenvalue weighted by Crippen LogP contribution is -2.43. The first-order chi connectivity index (χ1) is 8.98. The van der Waals surface area contributed by atoms with Crippen LogP contribution in [0.25, 0.3) is 0 Å². The molecular formula is C14H21NO4. The molecule has 5 heteroatoms. The maximum Gasteiger partial charge on any atom is 0.338 e. The first kappa shape index (κ1) is 14.1. The van der Waals surface area contributed by atoms with Gasteiger partial charge in [0.15, 0.2) is 0 Å². The van der Waals surface area contributed by atoms with Crippen LogP contribution in [0.1, 0.15) is 48.7 Å². The van der Waals surface area contributed by atoms with E-state index in [1.807, 2.05) is 0 Å². The molecule has 2 unspecified atom stereocenters. The van der Waals surface area contributed by atoms with Crippen LogP contribution in [0, 0.1) is 5.92 Å². The molecule has 1 aromatic heterocycles. The average molecular weight is 267 g/mol. The van der Waals surface area contributed by atoms with E-state index in [9.17, 15) is 9.90 Å². The standard InChI is InChI=1S/C14H21NO4/c1-10-3-2-4-14(18,6-10)9-15-7-12-5-11(8-19-12)13(16)17/h5,8,10,15,18H,2-4,6-7,9H2,1H3,(H,16,17). The molecule has 19 heavy (non-hydrogen) atoms. The molecule has 2 rings (SSSR count). The summed E-state index contributed by atoms with van der Waals surface area (Å²) in [7, 11) is 0. The van der Waals surface area contributed by atoms with Gasteiger partial charge in [0, 0.05) is 6.54 Å². The summed E-state index contributed by atoms with van der Waals surface area (Å²) in [5.41, 5.74) is -0.485. The lowest BCUT2D eigenvalue weighted by molar-refractivity contribution is -0.0121. The molecule has 0 aliphatic heterocycles. The molecule has 1 aliphatic carbocycles. The fourth-order valence-electron chi connectivity index (χ4n) is 2.80. The highest BCUT2D eigenvalue weighted by Gasteiger charge is 2.32. The van der Waals surface area contributed by atoms with Gasteiger partial charge in [0.25, 0.3) is 0 Å². The zero-order valence-corrected chi connectivity index (χ0v) is 11.2. The fourth-order valence-corrected chi connectivity index (χ4v) is 2.80. The van der Waals surface area contributed by atoms with Crippen molar-refractivity contribution in [1.29, 1.82) is 0 Å². The van der Waals surface area contributed by atoms with E-state index in [0.29, 0.717) is 24.8 Å². The zero-order chi connectivity index (χ0) is 13.9. The maximum absolute atomic E-state index is 10.7. The van der Waals surface area contributed by atoms with Crippen molar-refractivity contribution < 1.29 is 19.4 Å². The van der Waals surface area contributed by atoms with Crippen LogP contribution in [0.15, 0.2) is 16.7 Å². The van der Waals surface area contributed by atoms with Crippen molar-refractivity contribution in [2.45, 2.75) is 44.8 Å². The molecule has 1 aliphatic rings. The summed E-state index contributed by atoms with van der Waals surface area (Å²) in [5.74, 6) is 0.141. The van der Waals surface area contributed by atoms with Gasteiger partial charge in [0.1, 0.15) is 12.0 Å². The van der Waals surface area contributed by atoms with Gasteiger partial charge in [-0.05, 0) is 24.8 Å². The molecule has 106 valence electrons. The fraction of sp³-hybridized carbons (Fsp3) is 0.643. The first-order valence-corrected chi connectivity index (χ1v) is 6.72. The molecule has 5 nitrogen and oxygen atoms in total. The third-order valence-corrected chi connectivity index (χ3v) is 3.72. The molecule has 0 saturated heterocycles. The third-order valence-electron chi connectivity index (χ3n) is 3.72. The van der Waals surface area contributed by atoms with E-state index < -0.39 is 11.6 Å². The highest BCUT2D eigenvalue weighted by Crippen LogP contribution is 2.31. The number of carboxylic acids is 1. The van der Waals surface area contributed by atoms with Gasteiger partial charge in [0.05, 0.1) is 17.7 Å². The number of aromatic carboxylic acids is 1. The minimum atomic E-state index is -0.991. The molecule has 1 fully saturated rings. The number of furan rings is 1. The van der Waals surface area contributed by atoms with Crippen LogP contribution in [-0.4, -0.2) is 28.3 Å². The Balaban J connectivity index is 1.80. The summed E-state index contributed by atoms with van der Waals surface area (Å²) in [6, 6.07) is 1.50. The molecule has 0 aromatic carbocycles. The Morgan fingerprint density at radius 1 is 1.63 bits per heavy atom. The van der Waals surface area contributed by atoms with Gasteiger partial charge in [-0.1, -0.05) is 19.8 Å². The largest absolute Gasteiger partial charge is 0.478 e. The van der Waals surface area contributed by atoms with Crippen molar-refractivity contribution in [1.82, 2.24) is 5.32 Å². The second-order valence-electron chi connectivity index (χ2n) is 5.64. The van der Waals surface area contributed by atoms with Crippen LogP contribution >= 0.6 is 0 Å². The van der Waals surface area contributed by atoms with Crippen LogP contribution < -0.4 is 5.32 Å². The predicted octanol–water partition coefficient (Wildman–Crippen LogP) is 2.01. The predicted molar refractivity (Wildman–Crippen MR) is 70.0 cm³/mol. The van der Waals surface area contributed by atoms with Crippen molar-refractivity contribution >= 4 is 5.97 Å². The van der Waals surface area contributed by atoms with Crippen LogP contribution in [0.2, 0.25) is 0 Å². The third kappa shape index (κ3) is 3.81. The molecule has 2 atom stereocenters. The van der Waals surface area contributed by atoms with Gasteiger partial charge < -0.3 is 19.9 Å². The van der Waals surface area contributed by atoms with Gasteiger partial charge >= 0.3 is 5.97 Å². The van der Waals surface area contributed by atoms with Gasteiger partial charge in [-0.15, -0.1) is 0 Å². The first-order valence-electron chi connectivity index (χ1n) is 6.72. The molecule has 0 amide bonds. The lowest BCUT2D eigenvalue weighted by Gasteiger charge is -2.35. The van der Waals surface area contributed by atoms with E-state index in [2.05, 4.69) is 12.2 Å². The van der Waals surface area contributed by atoms with Gasteiger partial charge in [0.2, 0.25) is 0 Å². The Morgan fingerprint density at radius 2 is 2.42 bits per heavy atom. The van der Waals surface area contributed by atoms with Crippen molar-refractivity contribution in [2.75, 3.05) is 6.54 Å².